The molecule has 0 aromatic carbocycles. The number of alkyl halides is 3. The van der Waals surface area contributed by atoms with Gasteiger partial charge in [-0.15, -0.1) is 0 Å². The van der Waals surface area contributed by atoms with E-state index in [-0.39, 0.29) is 6.54 Å². The third kappa shape index (κ3) is 1.61. The molecule has 1 unspecified atom stereocenters. The van der Waals surface area contributed by atoms with Gasteiger partial charge in [0.2, 0.25) is 5.54 Å². The molecule has 0 fully saturated rings. The van der Waals surface area contributed by atoms with Gasteiger partial charge in [0.1, 0.15) is 0 Å². The Morgan fingerprint density at radius 2 is 2.14 bits per heavy atom. The van der Waals surface area contributed by atoms with Crippen LogP contribution in [0.2, 0.25) is 0 Å². The standard InChI is InChI=1S/C8H10F3NO2/c1-14-6(13)7(8(9,10)11)4-2-3-5-12-7/h2-3,12H,4-5H2,1H3. The number of rotatable bonds is 1. The van der Waals surface area contributed by atoms with Gasteiger partial charge >= 0.3 is 12.1 Å². The van der Waals surface area contributed by atoms with Gasteiger partial charge in [-0.1, -0.05) is 12.2 Å². The molecule has 1 aliphatic rings. The van der Waals surface area contributed by atoms with Crippen molar-refractivity contribution in [2.24, 2.45) is 0 Å². The summed E-state index contributed by atoms with van der Waals surface area (Å²) in [6.45, 7) is 0.00854. The van der Waals surface area contributed by atoms with E-state index in [1.807, 2.05) is 0 Å². The highest BCUT2D eigenvalue weighted by Gasteiger charge is 2.60. The van der Waals surface area contributed by atoms with Crippen LogP contribution in [0.1, 0.15) is 6.42 Å². The van der Waals surface area contributed by atoms with E-state index in [4.69, 9.17) is 0 Å². The van der Waals surface area contributed by atoms with Crippen molar-refractivity contribution >= 4 is 5.97 Å². The molecule has 0 aromatic heterocycles. The SMILES string of the molecule is COC(=O)C1(C(F)(F)F)CC=CCN1. The van der Waals surface area contributed by atoms with E-state index in [0.29, 0.717) is 0 Å². The van der Waals surface area contributed by atoms with Gasteiger partial charge in [0.25, 0.3) is 0 Å². The first-order valence-corrected chi connectivity index (χ1v) is 3.99. The molecule has 14 heavy (non-hydrogen) atoms. The summed E-state index contributed by atoms with van der Waals surface area (Å²) in [6.07, 6.45) is -2.22. The number of hydrogen-bond donors (Lipinski definition) is 1. The lowest BCUT2D eigenvalue weighted by molar-refractivity contribution is -0.211. The molecule has 1 aliphatic heterocycles. The largest absolute Gasteiger partial charge is 0.467 e. The highest BCUT2D eigenvalue weighted by Crippen LogP contribution is 2.35. The molecule has 0 bridgehead atoms. The van der Waals surface area contributed by atoms with Gasteiger partial charge in [-0.2, -0.15) is 13.2 Å². The molecule has 0 aliphatic carbocycles. The molecule has 0 spiro atoms. The molecule has 80 valence electrons. The molecule has 0 amide bonds. The molecular formula is C8H10F3NO2. The van der Waals surface area contributed by atoms with E-state index in [1.165, 1.54) is 12.2 Å². The predicted molar refractivity (Wildman–Crippen MR) is 42.6 cm³/mol. The number of methoxy groups -OCH3 is 1. The predicted octanol–water partition coefficient (Wildman–Crippen LogP) is 1.01. The van der Waals surface area contributed by atoms with Crippen LogP contribution in [0.4, 0.5) is 13.2 Å². The van der Waals surface area contributed by atoms with Gasteiger partial charge in [0.15, 0.2) is 0 Å². The van der Waals surface area contributed by atoms with Gasteiger partial charge in [-0.3, -0.25) is 5.32 Å². The number of halogens is 3. The van der Waals surface area contributed by atoms with Gasteiger partial charge < -0.3 is 4.74 Å². The Kier molecular flexibility index (Phi) is 2.84. The van der Waals surface area contributed by atoms with Crippen molar-refractivity contribution in [2.45, 2.75) is 18.1 Å². The first kappa shape index (κ1) is 11.0. The average Bonchev–Trinajstić information content (AvgIpc) is 2.16. The molecular weight excluding hydrogens is 199 g/mol. The van der Waals surface area contributed by atoms with Crippen LogP contribution in [0.5, 0.6) is 0 Å². The normalized spacial score (nSPS) is 27.4. The van der Waals surface area contributed by atoms with Crippen molar-refractivity contribution in [3.63, 3.8) is 0 Å². The lowest BCUT2D eigenvalue weighted by atomic mass is 9.92. The van der Waals surface area contributed by atoms with Crippen LogP contribution in [0, 0.1) is 0 Å². The van der Waals surface area contributed by atoms with Crippen LogP contribution in [0.25, 0.3) is 0 Å². The fourth-order valence-corrected chi connectivity index (χ4v) is 1.31. The number of carbonyl (C=O) groups is 1. The molecule has 1 heterocycles. The van der Waals surface area contributed by atoms with Gasteiger partial charge in [0, 0.05) is 13.0 Å². The minimum Gasteiger partial charge on any atom is -0.467 e. The lowest BCUT2D eigenvalue weighted by Crippen LogP contribution is -2.63. The monoisotopic (exact) mass is 209 g/mol. The van der Waals surface area contributed by atoms with Crippen LogP contribution in [0.15, 0.2) is 12.2 Å². The maximum atomic E-state index is 12.6. The number of ether oxygens (including phenoxy) is 1. The third-order valence-corrected chi connectivity index (χ3v) is 2.13. The van der Waals surface area contributed by atoms with E-state index in [0.717, 1.165) is 7.11 Å². The quantitative estimate of drug-likeness (QED) is 0.517. The summed E-state index contributed by atoms with van der Waals surface area (Å²) in [5.74, 6) is -1.30. The van der Waals surface area contributed by atoms with Crippen molar-refractivity contribution in [1.82, 2.24) is 5.32 Å². The zero-order chi connectivity index (χ0) is 10.8. The minimum absolute atomic E-state index is 0.00854. The minimum atomic E-state index is -4.65. The lowest BCUT2D eigenvalue weighted by Gasteiger charge is -2.34. The van der Waals surface area contributed by atoms with Crippen molar-refractivity contribution in [3.05, 3.63) is 12.2 Å². The van der Waals surface area contributed by atoms with Gasteiger partial charge in [-0.05, 0) is 0 Å². The summed E-state index contributed by atoms with van der Waals surface area (Å²) in [7, 11) is 0.940. The van der Waals surface area contributed by atoms with Crippen LogP contribution >= 0.6 is 0 Å². The topological polar surface area (TPSA) is 38.3 Å². The zero-order valence-corrected chi connectivity index (χ0v) is 7.52. The molecule has 1 rings (SSSR count). The first-order chi connectivity index (χ1) is 6.44. The van der Waals surface area contributed by atoms with Crippen molar-refractivity contribution < 1.29 is 22.7 Å². The smallest absolute Gasteiger partial charge is 0.417 e. The third-order valence-electron chi connectivity index (χ3n) is 2.13. The van der Waals surface area contributed by atoms with E-state index < -0.39 is 24.1 Å². The second kappa shape index (κ2) is 3.61. The van der Waals surface area contributed by atoms with Gasteiger partial charge in [0.05, 0.1) is 7.11 Å². The van der Waals surface area contributed by atoms with Gasteiger partial charge in [-0.25, -0.2) is 4.79 Å². The van der Waals surface area contributed by atoms with E-state index in [2.05, 4.69) is 10.1 Å². The zero-order valence-electron chi connectivity index (χ0n) is 7.52. The molecule has 1 N–H and O–H groups in total. The highest BCUT2D eigenvalue weighted by atomic mass is 19.4. The summed E-state index contributed by atoms with van der Waals surface area (Å²) < 4.78 is 42.1. The molecule has 1 atom stereocenters. The first-order valence-electron chi connectivity index (χ1n) is 3.99. The van der Waals surface area contributed by atoms with Crippen molar-refractivity contribution in [1.29, 1.82) is 0 Å². The molecule has 0 saturated carbocycles. The number of esters is 1. The second-order valence-corrected chi connectivity index (χ2v) is 2.95. The van der Waals surface area contributed by atoms with Crippen LogP contribution < -0.4 is 5.32 Å². The summed E-state index contributed by atoms with van der Waals surface area (Å²) in [4.78, 5) is 11.1. The Hall–Kier alpha value is -1.04. The van der Waals surface area contributed by atoms with Crippen LogP contribution in [-0.2, 0) is 9.53 Å². The van der Waals surface area contributed by atoms with Crippen molar-refractivity contribution in [2.75, 3.05) is 13.7 Å². The summed E-state index contributed by atoms with van der Waals surface area (Å²) in [5, 5.41) is 2.14. The molecule has 0 saturated heterocycles. The molecule has 0 radical (unpaired) electrons. The Labute approximate surface area is 78.9 Å². The summed E-state index contributed by atoms with van der Waals surface area (Å²) in [5.41, 5.74) is -2.57. The Bertz CT molecular complexity index is 262. The fraction of sp³-hybridized carbons (Fsp3) is 0.625. The maximum absolute atomic E-state index is 12.6. The summed E-state index contributed by atoms with van der Waals surface area (Å²) >= 11 is 0. The number of nitrogens with one attached hydrogen (secondary N) is 1. The van der Waals surface area contributed by atoms with E-state index >= 15 is 0 Å². The Balaban J connectivity index is 3.02. The second-order valence-electron chi connectivity index (χ2n) is 2.95. The molecule has 3 nitrogen and oxygen atoms in total. The van der Waals surface area contributed by atoms with E-state index in [1.54, 1.807) is 0 Å². The average molecular weight is 209 g/mol. The van der Waals surface area contributed by atoms with Crippen LogP contribution in [-0.4, -0.2) is 31.3 Å². The molecule has 6 heteroatoms. The van der Waals surface area contributed by atoms with Crippen molar-refractivity contribution in [3.8, 4) is 0 Å². The number of carbonyl (C=O) groups excluding carboxylic acids is 1. The Morgan fingerprint density at radius 1 is 1.50 bits per heavy atom. The maximum Gasteiger partial charge on any atom is 0.417 e. The highest BCUT2D eigenvalue weighted by molar-refractivity contribution is 5.82. The Morgan fingerprint density at radius 3 is 2.50 bits per heavy atom. The number of hydrogen-bond acceptors (Lipinski definition) is 3. The fourth-order valence-electron chi connectivity index (χ4n) is 1.31. The van der Waals surface area contributed by atoms with Crippen LogP contribution in [0.3, 0.4) is 0 Å². The van der Waals surface area contributed by atoms with E-state index in [9.17, 15) is 18.0 Å². The molecule has 0 aromatic rings. The summed E-state index contributed by atoms with van der Waals surface area (Å²) in [6, 6.07) is 0.